The van der Waals surface area contributed by atoms with Crippen LogP contribution in [0.5, 0.6) is 0 Å². The van der Waals surface area contributed by atoms with Gasteiger partial charge in [0, 0.05) is 43.1 Å². The van der Waals surface area contributed by atoms with Gasteiger partial charge < -0.3 is 15.1 Å². The van der Waals surface area contributed by atoms with Crippen LogP contribution >= 0.6 is 0 Å². The maximum atomic E-state index is 13.7. The van der Waals surface area contributed by atoms with Gasteiger partial charge in [-0.1, -0.05) is 54.6 Å². The lowest BCUT2D eigenvalue weighted by molar-refractivity contribution is -0.132. The highest BCUT2D eigenvalue weighted by atomic mass is 19.1. The molecule has 0 saturated carbocycles. The number of nitrogens with one attached hydrogen (secondary N) is 1. The molecule has 0 unspecified atom stereocenters. The maximum Gasteiger partial charge on any atom is 0.255 e. The SMILES string of the molecule is O=C(Nc1ccc(N2CCN(C(=O)C3c4ccccc4-c4ccccc43)CC2)cc1)c1cccc(F)c1. The zero-order chi connectivity index (χ0) is 25.4. The Morgan fingerprint density at radius 2 is 1.35 bits per heavy atom. The van der Waals surface area contributed by atoms with E-state index in [0.717, 1.165) is 41.0 Å². The number of hydrogen-bond donors (Lipinski definition) is 1. The van der Waals surface area contributed by atoms with Gasteiger partial charge in [-0.2, -0.15) is 0 Å². The Balaban J connectivity index is 1.10. The molecule has 1 aliphatic carbocycles. The third kappa shape index (κ3) is 4.35. The van der Waals surface area contributed by atoms with Gasteiger partial charge in [-0.3, -0.25) is 9.59 Å². The summed E-state index contributed by atoms with van der Waals surface area (Å²) in [6.07, 6.45) is 0. The molecule has 0 bridgehead atoms. The number of carbonyl (C=O) groups is 2. The lowest BCUT2D eigenvalue weighted by Crippen LogP contribution is -2.50. The molecule has 2 amide bonds. The second kappa shape index (κ2) is 9.54. The fourth-order valence-electron chi connectivity index (χ4n) is 5.38. The topological polar surface area (TPSA) is 52.7 Å². The first-order chi connectivity index (χ1) is 18.1. The van der Waals surface area contributed by atoms with Crippen molar-refractivity contribution in [1.82, 2.24) is 4.90 Å². The third-order valence-corrected chi connectivity index (χ3v) is 7.25. The summed E-state index contributed by atoms with van der Waals surface area (Å²) in [6, 6.07) is 29.6. The van der Waals surface area contributed by atoms with E-state index in [1.165, 1.54) is 18.2 Å². The van der Waals surface area contributed by atoms with Crippen LogP contribution in [0.3, 0.4) is 0 Å². The smallest absolute Gasteiger partial charge is 0.255 e. The molecular weight excluding hydrogens is 465 g/mol. The Kier molecular flexibility index (Phi) is 5.93. The highest BCUT2D eigenvalue weighted by molar-refractivity contribution is 6.04. The summed E-state index contributed by atoms with van der Waals surface area (Å²) in [5.41, 5.74) is 6.44. The van der Waals surface area contributed by atoms with Crippen molar-refractivity contribution in [1.29, 1.82) is 0 Å². The molecule has 6 heteroatoms. The molecule has 5 nitrogen and oxygen atoms in total. The molecule has 2 aliphatic rings. The summed E-state index contributed by atoms with van der Waals surface area (Å²) in [6.45, 7) is 2.77. The highest BCUT2D eigenvalue weighted by Gasteiger charge is 2.36. The van der Waals surface area contributed by atoms with Crippen molar-refractivity contribution in [3.63, 3.8) is 0 Å². The largest absolute Gasteiger partial charge is 0.368 e. The first-order valence-corrected chi connectivity index (χ1v) is 12.5. The van der Waals surface area contributed by atoms with Gasteiger partial charge >= 0.3 is 0 Å². The molecule has 0 aromatic heterocycles. The van der Waals surface area contributed by atoms with Crippen LogP contribution in [0.1, 0.15) is 27.4 Å². The average molecular weight is 492 g/mol. The van der Waals surface area contributed by atoms with Crippen molar-refractivity contribution in [3.8, 4) is 11.1 Å². The fourth-order valence-corrected chi connectivity index (χ4v) is 5.38. The molecule has 0 radical (unpaired) electrons. The molecule has 1 aliphatic heterocycles. The molecule has 1 heterocycles. The molecule has 0 spiro atoms. The standard InChI is InChI=1S/C31H26FN3O2/c32-22-7-5-6-21(20-22)30(36)33-23-12-14-24(15-13-23)34-16-18-35(19-17-34)31(37)29-27-10-3-1-8-25(27)26-9-2-4-11-28(26)29/h1-15,20,29H,16-19H2,(H,33,36). The summed E-state index contributed by atoms with van der Waals surface area (Å²) in [5.74, 6) is -0.885. The fraction of sp³-hybridized carbons (Fsp3) is 0.161. The number of rotatable bonds is 4. The molecule has 6 rings (SSSR count). The molecule has 0 atom stereocenters. The zero-order valence-electron chi connectivity index (χ0n) is 20.2. The quantitative estimate of drug-likeness (QED) is 0.408. The number of fused-ring (bicyclic) bond motifs is 3. The van der Waals surface area contributed by atoms with Crippen LogP contribution in [0.4, 0.5) is 15.8 Å². The van der Waals surface area contributed by atoms with E-state index < -0.39 is 5.82 Å². The number of nitrogens with zero attached hydrogens (tertiary/aromatic N) is 2. The van der Waals surface area contributed by atoms with E-state index in [4.69, 9.17) is 0 Å². The van der Waals surface area contributed by atoms with E-state index >= 15 is 0 Å². The minimum absolute atomic E-state index is 0.160. The lowest BCUT2D eigenvalue weighted by atomic mass is 9.95. The summed E-state index contributed by atoms with van der Waals surface area (Å²) < 4.78 is 13.4. The Morgan fingerprint density at radius 3 is 1.97 bits per heavy atom. The number of carbonyl (C=O) groups excluding carboxylic acids is 2. The van der Waals surface area contributed by atoms with Gasteiger partial charge in [-0.25, -0.2) is 4.39 Å². The maximum absolute atomic E-state index is 13.7. The molecule has 184 valence electrons. The molecule has 4 aromatic rings. The first-order valence-electron chi connectivity index (χ1n) is 12.5. The number of piperazine rings is 1. The minimum Gasteiger partial charge on any atom is -0.368 e. The van der Waals surface area contributed by atoms with Crippen molar-refractivity contribution in [2.45, 2.75) is 5.92 Å². The number of benzene rings is 4. The molecule has 1 N–H and O–H groups in total. The van der Waals surface area contributed by atoms with Crippen LogP contribution in [0.2, 0.25) is 0 Å². The Hall–Kier alpha value is -4.45. The van der Waals surface area contributed by atoms with Gasteiger partial charge in [0.2, 0.25) is 5.91 Å². The van der Waals surface area contributed by atoms with Gasteiger partial charge in [0.05, 0.1) is 5.92 Å². The van der Waals surface area contributed by atoms with Crippen molar-refractivity contribution >= 4 is 23.2 Å². The van der Waals surface area contributed by atoms with Crippen molar-refractivity contribution in [2.75, 3.05) is 36.4 Å². The predicted molar refractivity (Wildman–Crippen MR) is 143 cm³/mol. The number of amides is 2. The highest BCUT2D eigenvalue weighted by Crippen LogP contribution is 2.45. The average Bonchev–Trinajstić information content (AvgIpc) is 3.28. The molecule has 4 aromatic carbocycles. The molecule has 37 heavy (non-hydrogen) atoms. The summed E-state index contributed by atoms with van der Waals surface area (Å²) in [5, 5.41) is 2.81. The zero-order valence-corrected chi connectivity index (χ0v) is 20.2. The number of anilines is 2. The lowest BCUT2D eigenvalue weighted by Gasteiger charge is -2.37. The van der Waals surface area contributed by atoms with Crippen LogP contribution in [-0.2, 0) is 4.79 Å². The van der Waals surface area contributed by atoms with Gasteiger partial charge in [0.1, 0.15) is 5.82 Å². The monoisotopic (exact) mass is 491 g/mol. The molecule has 1 fully saturated rings. The van der Waals surface area contributed by atoms with Crippen LogP contribution in [0.15, 0.2) is 97.1 Å². The number of halogens is 1. The van der Waals surface area contributed by atoms with E-state index in [9.17, 15) is 14.0 Å². The van der Waals surface area contributed by atoms with Crippen LogP contribution in [0.25, 0.3) is 11.1 Å². The summed E-state index contributed by atoms with van der Waals surface area (Å²) in [4.78, 5) is 30.3. The van der Waals surface area contributed by atoms with E-state index in [-0.39, 0.29) is 23.3 Å². The van der Waals surface area contributed by atoms with Gasteiger partial charge in [-0.15, -0.1) is 0 Å². The summed E-state index contributed by atoms with van der Waals surface area (Å²) >= 11 is 0. The summed E-state index contributed by atoms with van der Waals surface area (Å²) in [7, 11) is 0. The second-order valence-electron chi connectivity index (χ2n) is 9.43. The normalized spacial score (nSPS) is 14.7. The minimum atomic E-state index is -0.443. The van der Waals surface area contributed by atoms with Crippen molar-refractivity contribution in [3.05, 3.63) is 120 Å². The van der Waals surface area contributed by atoms with Gasteiger partial charge in [0.15, 0.2) is 0 Å². The Bertz CT molecular complexity index is 1430. The molecule has 1 saturated heterocycles. The van der Waals surface area contributed by atoms with Crippen LogP contribution in [0, 0.1) is 5.82 Å². The third-order valence-electron chi connectivity index (χ3n) is 7.25. The Labute approximate surface area is 215 Å². The van der Waals surface area contributed by atoms with E-state index in [1.54, 1.807) is 6.07 Å². The van der Waals surface area contributed by atoms with Gasteiger partial charge in [-0.05, 0) is 64.7 Å². The van der Waals surface area contributed by atoms with E-state index in [0.29, 0.717) is 18.8 Å². The Morgan fingerprint density at radius 1 is 0.730 bits per heavy atom. The predicted octanol–water partition coefficient (Wildman–Crippen LogP) is 5.54. The van der Waals surface area contributed by atoms with Gasteiger partial charge in [0.25, 0.3) is 5.91 Å². The van der Waals surface area contributed by atoms with Crippen molar-refractivity contribution < 1.29 is 14.0 Å². The van der Waals surface area contributed by atoms with E-state index in [2.05, 4.69) is 34.5 Å². The van der Waals surface area contributed by atoms with E-state index in [1.807, 2.05) is 53.4 Å². The van der Waals surface area contributed by atoms with Crippen LogP contribution < -0.4 is 10.2 Å². The first kappa shape index (κ1) is 23.0. The molecular formula is C31H26FN3O2. The second-order valence-corrected chi connectivity index (χ2v) is 9.43. The van der Waals surface area contributed by atoms with Crippen LogP contribution in [-0.4, -0.2) is 42.9 Å². The number of hydrogen-bond acceptors (Lipinski definition) is 3. The van der Waals surface area contributed by atoms with Crippen molar-refractivity contribution in [2.24, 2.45) is 0 Å².